The van der Waals surface area contributed by atoms with Crippen molar-refractivity contribution in [3.63, 3.8) is 0 Å². The lowest BCUT2D eigenvalue weighted by atomic mass is 9.87. The van der Waals surface area contributed by atoms with Gasteiger partial charge in [0.05, 0.1) is 44.2 Å². The maximum Gasteiger partial charge on any atom is 0.328 e. The van der Waals surface area contributed by atoms with Crippen molar-refractivity contribution in [1.29, 1.82) is 0 Å². The molecule has 0 saturated carbocycles. The minimum absolute atomic E-state index is 0.0598. The summed E-state index contributed by atoms with van der Waals surface area (Å²) in [6.45, 7) is -2.22. The summed E-state index contributed by atoms with van der Waals surface area (Å²) in [6, 6.07) is 0.0502. The first-order valence-electron chi connectivity index (χ1n) is 16.2. The Balaban J connectivity index is 1.59. The molecule has 21 heteroatoms. The lowest BCUT2D eigenvalue weighted by Gasteiger charge is -2.41. The van der Waals surface area contributed by atoms with Gasteiger partial charge in [-0.25, -0.2) is 4.79 Å². The third kappa shape index (κ3) is 11.1. The number of carbonyl (C=O) groups excluding carboxylic acids is 6. The van der Waals surface area contributed by atoms with Crippen LogP contribution < -0.4 is 27.0 Å². The van der Waals surface area contributed by atoms with Crippen molar-refractivity contribution in [3.8, 4) is 5.75 Å². The van der Waals surface area contributed by atoms with E-state index in [-0.39, 0.29) is 30.9 Å². The normalized spacial score (nSPS) is 24.5. The minimum Gasteiger partial charge on any atom is -0.508 e. The summed E-state index contributed by atoms with van der Waals surface area (Å²) >= 11 is 3.89. The van der Waals surface area contributed by atoms with E-state index < -0.39 is 122 Å². The van der Waals surface area contributed by atoms with Gasteiger partial charge in [0, 0.05) is 18.7 Å². The van der Waals surface area contributed by atoms with Crippen molar-refractivity contribution >= 4 is 53.9 Å². The van der Waals surface area contributed by atoms with Crippen molar-refractivity contribution in [2.24, 2.45) is 11.7 Å². The highest BCUT2D eigenvalue weighted by Crippen LogP contribution is 2.27. The molecule has 2 heterocycles. The van der Waals surface area contributed by atoms with Gasteiger partial charge in [0.1, 0.15) is 42.3 Å². The fourth-order valence-corrected chi connectivity index (χ4v) is 6.00. The number of nitrogens with zero attached hydrogens (tertiary/aromatic N) is 1. The summed E-state index contributed by atoms with van der Waals surface area (Å²) in [5.74, 6) is -8.23. The molecule has 0 aliphatic carbocycles. The average Bonchev–Trinajstić information content (AvgIpc) is 3.61. The van der Waals surface area contributed by atoms with Crippen LogP contribution in [0.5, 0.6) is 5.75 Å². The van der Waals surface area contributed by atoms with Crippen LogP contribution in [0.4, 0.5) is 0 Å². The van der Waals surface area contributed by atoms with Gasteiger partial charge >= 0.3 is 5.97 Å². The van der Waals surface area contributed by atoms with E-state index in [2.05, 4.69) is 33.9 Å². The SMILES string of the molecule is N[C@@H](CC(=O)N[C@@H]1O[C@H](CO)[C@@H](O)[C@H](O)[C@H]1C(=O)CS)C(=O)N1CCC[C@H]1C(=O)NCC(=O)N[C@@H](Cc1ccc(O)cc1)C(=O)N[C@@H](CO)C(=O)O. The molecule has 3 rings (SSSR count). The quantitative estimate of drug-likeness (QED) is 0.0660. The van der Waals surface area contributed by atoms with E-state index in [0.717, 1.165) is 4.90 Å². The Morgan fingerprint density at radius 1 is 0.981 bits per heavy atom. The van der Waals surface area contributed by atoms with Crippen molar-refractivity contribution in [2.75, 3.05) is 32.1 Å². The van der Waals surface area contributed by atoms with Crippen LogP contribution in [0.3, 0.4) is 0 Å². The molecule has 1 aromatic rings. The Morgan fingerprint density at radius 3 is 2.25 bits per heavy atom. The van der Waals surface area contributed by atoms with E-state index in [0.29, 0.717) is 12.0 Å². The highest BCUT2D eigenvalue weighted by atomic mass is 32.1. The van der Waals surface area contributed by atoms with Gasteiger partial charge in [-0.3, -0.25) is 28.8 Å². The number of phenolic OH excluding ortho intramolecular Hbond substituents is 1. The second kappa shape index (κ2) is 19.5. The van der Waals surface area contributed by atoms with E-state index in [1.54, 1.807) is 0 Å². The molecule has 2 fully saturated rings. The number of benzene rings is 1. The number of ketones is 1. The molecule has 0 aromatic heterocycles. The number of likely N-dealkylation sites (tertiary alicyclic amines) is 1. The van der Waals surface area contributed by atoms with Crippen LogP contribution in [0, 0.1) is 5.92 Å². The molecule has 0 bridgehead atoms. The molecule has 0 radical (unpaired) electrons. The first-order valence-corrected chi connectivity index (χ1v) is 16.8. The van der Waals surface area contributed by atoms with E-state index in [9.17, 15) is 64.2 Å². The largest absolute Gasteiger partial charge is 0.508 e. The summed E-state index contributed by atoms with van der Waals surface area (Å²) < 4.78 is 5.43. The zero-order valence-corrected chi connectivity index (χ0v) is 28.7. The molecule has 9 atom stereocenters. The first-order chi connectivity index (χ1) is 24.6. The summed E-state index contributed by atoms with van der Waals surface area (Å²) in [4.78, 5) is 89.8. The molecule has 2 aliphatic rings. The molecule has 288 valence electrons. The van der Waals surface area contributed by atoms with Crippen LogP contribution in [0.2, 0.25) is 0 Å². The van der Waals surface area contributed by atoms with Crippen LogP contribution in [0.15, 0.2) is 24.3 Å². The van der Waals surface area contributed by atoms with Crippen LogP contribution in [0.1, 0.15) is 24.8 Å². The third-order valence-electron chi connectivity index (χ3n) is 8.57. The van der Waals surface area contributed by atoms with Gasteiger partial charge in [-0.15, -0.1) is 0 Å². The average molecular weight is 757 g/mol. The maximum absolute atomic E-state index is 13.3. The number of aromatic hydroxyl groups is 1. The molecule has 2 aliphatic heterocycles. The predicted octanol–water partition coefficient (Wildman–Crippen LogP) is -5.52. The number of amides is 5. The number of phenols is 1. The second-order valence-electron chi connectivity index (χ2n) is 12.3. The highest BCUT2D eigenvalue weighted by Gasteiger charge is 2.48. The number of ether oxygens (including phenoxy) is 1. The van der Waals surface area contributed by atoms with Crippen molar-refractivity contribution < 1.29 is 68.9 Å². The fourth-order valence-electron chi connectivity index (χ4n) is 5.79. The monoisotopic (exact) mass is 756 g/mol. The third-order valence-corrected chi connectivity index (χ3v) is 8.88. The molecule has 1 aromatic carbocycles. The molecular formula is C31H44N6O14S. The Hall–Kier alpha value is -4.38. The second-order valence-corrected chi connectivity index (χ2v) is 12.6. The summed E-state index contributed by atoms with van der Waals surface area (Å²) in [6.07, 6.45) is -6.36. The topological polar surface area (TPSA) is 327 Å². The molecule has 20 nitrogen and oxygen atoms in total. The molecule has 5 amide bonds. The van der Waals surface area contributed by atoms with Gasteiger partial charge in [0.2, 0.25) is 29.5 Å². The number of nitrogens with two attached hydrogens (primary N) is 1. The molecular weight excluding hydrogens is 712 g/mol. The number of aliphatic hydroxyl groups excluding tert-OH is 4. The minimum atomic E-state index is -1.70. The van der Waals surface area contributed by atoms with Crippen LogP contribution >= 0.6 is 12.6 Å². The first kappa shape index (κ1) is 42.0. The summed E-state index contributed by atoms with van der Waals surface area (Å²) in [5, 5.41) is 67.4. The fraction of sp³-hybridized carbons (Fsp3) is 0.581. The van der Waals surface area contributed by atoms with Gasteiger partial charge in [-0.2, -0.15) is 12.6 Å². The number of thiol groups is 1. The number of carboxylic acid groups (broad SMARTS) is 1. The lowest BCUT2D eigenvalue weighted by Crippen LogP contribution is -2.63. The van der Waals surface area contributed by atoms with Gasteiger partial charge < -0.3 is 67.3 Å². The van der Waals surface area contributed by atoms with Crippen molar-refractivity contribution in [1.82, 2.24) is 26.2 Å². The zero-order valence-electron chi connectivity index (χ0n) is 27.8. The van der Waals surface area contributed by atoms with E-state index >= 15 is 0 Å². The number of hydrogen-bond donors (Lipinski definition) is 12. The van der Waals surface area contributed by atoms with Gasteiger partial charge in [0.25, 0.3) is 0 Å². The Bertz CT molecular complexity index is 1470. The molecule has 2 saturated heterocycles. The van der Waals surface area contributed by atoms with Crippen LogP contribution in [-0.4, -0.2) is 158 Å². The summed E-state index contributed by atoms with van der Waals surface area (Å²) in [5.41, 5.74) is 6.51. The number of aliphatic carboxylic acids is 1. The molecule has 0 spiro atoms. The lowest BCUT2D eigenvalue weighted by molar-refractivity contribution is -0.214. The van der Waals surface area contributed by atoms with Crippen LogP contribution in [-0.2, 0) is 44.7 Å². The molecule has 0 unspecified atom stereocenters. The molecule has 52 heavy (non-hydrogen) atoms. The van der Waals surface area contributed by atoms with E-state index in [1.807, 2.05) is 0 Å². The van der Waals surface area contributed by atoms with E-state index in [4.69, 9.17) is 10.5 Å². The van der Waals surface area contributed by atoms with Crippen molar-refractivity contribution in [3.05, 3.63) is 29.8 Å². The Labute approximate surface area is 302 Å². The standard InChI is InChI=1S/C31H44N6O14S/c32-16(9-22(42)36-29-24(20(41)13-52)26(45)25(44)21(12-39)51-29)30(48)37-7-1-2-19(37)28(47)33-10-23(43)34-17(8-14-3-5-15(40)6-4-14)27(46)35-18(11-38)31(49)50/h3-6,16-19,21,24-26,29,38-40,44-45,52H,1-2,7-13,32H2,(H,33,47)(H,34,43)(H,35,46)(H,36,42)(H,49,50)/t16-,17-,18-,19-,21+,24+,25+,26+,29+/m0/s1. The van der Waals surface area contributed by atoms with Gasteiger partial charge in [-0.1, -0.05) is 12.1 Å². The van der Waals surface area contributed by atoms with Gasteiger partial charge in [-0.05, 0) is 30.5 Å². The Kier molecular flexibility index (Phi) is 15.7. The summed E-state index contributed by atoms with van der Waals surface area (Å²) in [7, 11) is 0. The number of nitrogens with one attached hydrogen (secondary N) is 4. The van der Waals surface area contributed by atoms with Crippen LogP contribution in [0.25, 0.3) is 0 Å². The number of aliphatic hydroxyl groups is 4. The molecule has 12 N–H and O–H groups in total. The number of carbonyl (C=O) groups is 7. The number of carboxylic acids is 1. The number of hydrogen-bond acceptors (Lipinski definition) is 15. The maximum atomic E-state index is 13.3. The zero-order chi connectivity index (χ0) is 38.7. The predicted molar refractivity (Wildman–Crippen MR) is 179 cm³/mol. The van der Waals surface area contributed by atoms with Gasteiger partial charge in [0.15, 0.2) is 5.78 Å². The Morgan fingerprint density at radius 2 is 1.65 bits per heavy atom. The van der Waals surface area contributed by atoms with E-state index in [1.165, 1.54) is 24.3 Å². The number of Topliss-reactive ketones (excluding diaryl/α,β-unsaturated/α-hetero) is 1. The smallest absolute Gasteiger partial charge is 0.328 e. The number of rotatable bonds is 17. The highest BCUT2D eigenvalue weighted by molar-refractivity contribution is 7.81. The van der Waals surface area contributed by atoms with Crippen molar-refractivity contribution in [2.45, 2.75) is 74.4 Å².